The second-order valence-electron chi connectivity index (χ2n) is 7.15. The van der Waals surface area contributed by atoms with E-state index in [1.54, 1.807) is 12.1 Å². The number of carbonyl (C=O) groups excluding carboxylic acids is 1. The van der Waals surface area contributed by atoms with E-state index >= 15 is 0 Å². The van der Waals surface area contributed by atoms with Gasteiger partial charge in [-0.05, 0) is 37.5 Å². The zero-order chi connectivity index (χ0) is 19.1. The molecule has 0 aliphatic heterocycles. The summed E-state index contributed by atoms with van der Waals surface area (Å²) >= 11 is 0. The van der Waals surface area contributed by atoms with E-state index in [1.807, 2.05) is 6.92 Å². The quantitative estimate of drug-likeness (QED) is 0.676. The molecule has 0 spiro atoms. The molecule has 140 valence electrons. The van der Waals surface area contributed by atoms with Crippen LogP contribution in [0.15, 0.2) is 21.7 Å². The number of carbonyl (C=O) groups is 1. The molecule has 2 heterocycles. The molecule has 27 heavy (non-hydrogen) atoms. The Kier molecular flexibility index (Phi) is 4.25. The van der Waals surface area contributed by atoms with Gasteiger partial charge in [0.25, 0.3) is 5.56 Å². The molecule has 0 saturated heterocycles. The molecule has 1 aliphatic carbocycles. The number of aryl methyl sites for hydroxylation is 1. The van der Waals surface area contributed by atoms with Gasteiger partial charge in [-0.1, -0.05) is 19.3 Å². The van der Waals surface area contributed by atoms with Crippen molar-refractivity contribution in [2.75, 3.05) is 5.32 Å². The minimum Gasteiger partial charge on any atom is -0.326 e. The van der Waals surface area contributed by atoms with Crippen LogP contribution in [0.1, 0.15) is 50.6 Å². The Morgan fingerprint density at radius 3 is 2.56 bits per heavy atom. The number of benzene rings is 1. The average Bonchev–Trinajstić information content (AvgIpc) is 2.62. The summed E-state index contributed by atoms with van der Waals surface area (Å²) in [4.78, 5) is 48.5. The van der Waals surface area contributed by atoms with Crippen LogP contribution in [0.5, 0.6) is 0 Å². The van der Waals surface area contributed by atoms with Crippen LogP contribution in [0.2, 0.25) is 0 Å². The van der Waals surface area contributed by atoms with Crippen LogP contribution >= 0.6 is 0 Å². The van der Waals surface area contributed by atoms with Crippen molar-refractivity contribution in [3.63, 3.8) is 0 Å². The number of H-pyrrole nitrogens is 1. The molecular weight excluding hydrogens is 346 g/mol. The molecule has 2 aromatic heterocycles. The third-order valence-corrected chi connectivity index (χ3v) is 5.13. The first-order valence-electron chi connectivity index (χ1n) is 9.18. The van der Waals surface area contributed by atoms with Gasteiger partial charge in [-0.15, -0.1) is 0 Å². The minimum absolute atomic E-state index is 0.0826. The number of aromatic amines is 1. The van der Waals surface area contributed by atoms with Crippen LogP contribution < -0.4 is 16.6 Å². The zero-order valence-corrected chi connectivity index (χ0v) is 15.3. The zero-order valence-electron chi connectivity index (χ0n) is 15.3. The highest BCUT2D eigenvalue weighted by atomic mass is 16.2. The topological polar surface area (TPSA) is 110 Å². The van der Waals surface area contributed by atoms with E-state index in [1.165, 1.54) is 11.5 Å². The van der Waals surface area contributed by atoms with E-state index in [-0.39, 0.29) is 23.1 Å². The minimum atomic E-state index is -0.442. The van der Waals surface area contributed by atoms with Gasteiger partial charge in [0.1, 0.15) is 0 Å². The lowest BCUT2D eigenvalue weighted by Crippen LogP contribution is -2.39. The Labute approximate surface area is 154 Å². The number of amides is 1. The number of rotatable bonds is 2. The monoisotopic (exact) mass is 367 g/mol. The van der Waals surface area contributed by atoms with E-state index in [0.717, 1.165) is 37.7 Å². The van der Waals surface area contributed by atoms with Gasteiger partial charge in [0.2, 0.25) is 5.91 Å². The number of anilines is 1. The van der Waals surface area contributed by atoms with Crippen LogP contribution in [0.3, 0.4) is 0 Å². The second kappa shape index (κ2) is 6.61. The Bertz CT molecular complexity index is 1170. The van der Waals surface area contributed by atoms with Gasteiger partial charge < -0.3 is 5.32 Å². The Morgan fingerprint density at radius 1 is 1.15 bits per heavy atom. The smallest absolute Gasteiger partial charge is 0.326 e. The van der Waals surface area contributed by atoms with E-state index in [4.69, 9.17) is 0 Å². The highest BCUT2D eigenvalue weighted by molar-refractivity contribution is 5.94. The van der Waals surface area contributed by atoms with Crippen molar-refractivity contribution in [1.29, 1.82) is 0 Å². The van der Waals surface area contributed by atoms with Crippen molar-refractivity contribution in [2.45, 2.75) is 52.0 Å². The third-order valence-electron chi connectivity index (χ3n) is 5.13. The third kappa shape index (κ3) is 3.11. The van der Waals surface area contributed by atoms with Crippen molar-refractivity contribution in [3.05, 3.63) is 38.5 Å². The van der Waals surface area contributed by atoms with Gasteiger partial charge in [0, 0.05) is 18.7 Å². The standard InChI is InChI=1S/C19H21N5O3/c1-10-8-14-15(9-13(10)20-11(2)25)22-17-16(21-14)18(26)24(19(27)23-17)12-6-4-3-5-7-12/h8-9,12H,3-7H2,1-2H3,(H,20,25)(H,22,23,27). The van der Waals surface area contributed by atoms with Gasteiger partial charge in [0.15, 0.2) is 11.2 Å². The fraction of sp³-hybridized carbons (Fsp3) is 0.421. The number of aromatic nitrogens is 4. The summed E-state index contributed by atoms with van der Waals surface area (Å²) < 4.78 is 1.31. The molecule has 0 radical (unpaired) electrons. The summed E-state index contributed by atoms with van der Waals surface area (Å²) in [6.45, 7) is 3.28. The van der Waals surface area contributed by atoms with Crippen molar-refractivity contribution in [1.82, 2.24) is 19.5 Å². The van der Waals surface area contributed by atoms with Crippen LogP contribution in [-0.4, -0.2) is 25.4 Å². The lowest BCUT2D eigenvalue weighted by Gasteiger charge is -2.22. The molecule has 4 rings (SSSR count). The van der Waals surface area contributed by atoms with Crippen molar-refractivity contribution in [2.24, 2.45) is 0 Å². The van der Waals surface area contributed by atoms with Crippen LogP contribution in [-0.2, 0) is 4.79 Å². The normalized spacial score (nSPS) is 15.3. The maximum atomic E-state index is 13.0. The molecule has 0 bridgehead atoms. The predicted octanol–water partition coefficient (Wildman–Crippen LogP) is 2.41. The van der Waals surface area contributed by atoms with Gasteiger partial charge >= 0.3 is 5.69 Å². The Balaban J connectivity index is 1.92. The first-order valence-corrected chi connectivity index (χ1v) is 9.18. The molecule has 0 unspecified atom stereocenters. The Morgan fingerprint density at radius 2 is 1.85 bits per heavy atom. The lowest BCUT2D eigenvalue weighted by molar-refractivity contribution is -0.114. The highest BCUT2D eigenvalue weighted by Gasteiger charge is 2.21. The molecule has 1 saturated carbocycles. The summed E-state index contributed by atoms with van der Waals surface area (Å²) in [5.41, 5.74) is 2.00. The van der Waals surface area contributed by atoms with Gasteiger partial charge in [-0.2, -0.15) is 0 Å². The van der Waals surface area contributed by atoms with Crippen molar-refractivity contribution < 1.29 is 4.79 Å². The molecule has 1 fully saturated rings. The summed E-state index contributed by atoms with van der Waals surface area (Å²) in [5, 5.41) is 2.74. The molecule has 2 N–H and O–H groups in total. The van der Waals surface area contributed by atoms with E-state index in [0.29, 0.717) is 16.7 Å². The predicted molar refractivity (Wildman–Crippen MR) is 103 cm³/mol. The van der Waals surface area contributed by atoms with Crippen molar-refractivity contribution >= 4 is 33.8 Å². The van der Waals surface area contributed by atoms with Gasteiger partial charge in [0.05, 0.1) is 11.0 Å². The first kappa shape index (κ1) is 17.4. The summed E-state index contributed by atoms with van der Waals surface area (Å²) in [7, 11) is 0. The van der Waals surface area contributed by atoms with Crippen LogP contribution in [0, 0.1) is 6.92 Å². The SMILES string of the molecule is CC(=O)Nc1cc2nc3[nH]c(=O)n(C4CCCCC4)c(=O)c3nc2cc1C. The maximum Gasteiger partial charge on any atom is 0.330 e. The largest absolute Gasteiger partial charge is 0.330 e. The van der Waals surface area contributed by atoms with E-state index < -0.39 is 11.2 Å². The Hall–Kier alpha value is -3.03. The summed E-state index contributed by atoms with van der Waals surface area (Å²) in [6.07, 6.45) is 4.83. The molecule has 1 aromatic carbocycles. The summed E-state index contributed by atoms with van der Waals surface area (Å²) in [6, 6.07) is 3.40. The fourth-order valence-electron chi connectivity index (χ4n) is 3.81. The van der Waals surface area contributed by atoms with Crippen molar-refractivity contribution in [3.8, 4) is 0 Å². The average molecular weight is 367 g/mol. The molecular formula is C19H21N5O3. The van der Waals surface area contributed by atoms with Crippen LogP contribution in [0.25, 0.3) is 22.2 Å². The van der Waals surface area contributed by atoms with Gasteiger partial charge in [-0.3, -0.25) is 19.1 Å². The second-order valence-corrected chi connectivity index (χ2v) is 7.15. The highest BCUT2D eigenvalue weighted by Crippen LogP contribution is 2.26. The molecule has 8 heteroatoms. The number of fused-ring (bicyclic) bond motifs is 2. The molecule has 0 atom stereocenters. The number of nitrogens with one attached hydrogen (secondary N) is 2. The van der Waals surface area contributed by atoms with E-state index in [2.05, 4.69) is 20.3 Å². The summed E-state index contributed by atoms with van der Waals surface area (Å²) in [5.74, 6) is -0.185. The number of nitrogens with zero attached hydrogens (tertiary/aromatic N) is 3. The molecule has 1 amide bonds. The van der Waals surface area contributed by atoms with Crippen LogP contribution in [0.4, 0.5) is 5.69 Å². The fourth-order valence-corrected chi connectivity index (χ4v) is 3.81. The van der Waals surface area contributed by atoms with Gasteiger partial charge in [-0.25, -0.2) is 14.8 Å². The molecule has 1 aliphatic rings. The lowest BCUT2D eigenvalue weighted by atomic mass is 9.95. The molecule has 8 nitrogen and oxygen atoms in total. The maximum absolute atomic E-state index is 13.0. The number of hydrogen-bond acceptors (Lipinski definition) is 5. The number of hydrogen-bond donors (Lipinski definition) is 2. The van der Waals surface area contributed by atoms with E-state index in [9.17, 15) is 14.4 Å². The first-order chi connectivity index (χ1) is 12.9. The molecule has 3 aromatic rings.